The fourth-order valence-corrected chi connectivity index (χ4v) is 4.59. The molecule has 0 saturated heterocycles. The summed E-state index contributed by atoms with van der Waals surface area (Å²) in [4.78, 5) is 29.1. The molecule has 0 aliphatic heterocycles. The summed E-state index contributed by atoms with van der Waals surface area (Å²) in [5.41, 5.74) is -0.184. The van der Waals surface area contributed by atoms with Crippen molar-refractivity contribution < 1.29 is 18.7 Å². The number of nitrogens with zero attached hydrogens (tertiary/aromatic N) is 3. The van der Waals surface area contributed by atoms with E-state index in [9.17, 15) is 14.0 Å². The number of carbonyl (C=O) groups excluding carboxylic acids is 2. The standard InChI is InChI=1S/C22H19ClFN5O3/c23-16-5-4-15(7-17(16)24)32-10-19(30)27-21-11-22(12-21,13-21)28-20(31)14-8-26-29(9-14)18-3-1-2-6-25-18/h1-9H,10-13H2,(H,27,30)(H,28,31). The lowest BCUT2D eigenvalue weighted by Crippen LogP contribution is -2.84. The largest absolute Gasteiger partial charge is 0.484 e. The lowest BCUT2D eigenvalue weighted by molar-refractivity contribution is -0.141. The summed E-state index contributed by atoms with van der Waals surface area (Å²) >= 11 is 5.63. The predicted molar refractivity (Wildman–Crippen MR) is 113 cm³/mol. The summed E-state index contributed by atoms with van der Waals surface area (Å²) in [5.74, 6) is -0.249. The number of benzene rings is 1. The molecule has 0 radical (unpaired) electrons. The maximum Gasteiger partial charge on any atom is 0.258 e. The van der Waals surface area contributed by atoms with Crippen molar-refractivity contribution >= 4 is 23.4 Å². The number of rotatable bonds is 7. The highest BCUT2D eigenvalue weighted by atomic mass is 35.5. The van der Waals surface area contributed by atoms with Crippen molar-refractivity contribution in [3.05, 3.63) is 71.4 Å². The van der Waals surface area contributed by atoms with Crippen molar-refractivity contribution in [1.82, 2.24) is 25.4 Å². The van der Waals surface area contributed by atoms with E-state index in [-0.39, 0.29) is 40.3 Å². The second kappa shape index (κ2) is 7.59. The van der Waals surface area contributed by atoms with Gasteiger partial charge in [-0.15, -0.1) is 0 Å². The van der Waals surface area contributed by atoms with E-state index in [0.29, 0.717) is 30.6 Å². The van der Waals surface area contributed by atoms with E-state index in [0.717, 1.165) is 6.07 Å². The van der Waals surface area contributed by atoms with Gasteiger partial charge in [0.05, 0.1) is 16.8 Å². The lowest BCUT2D eigenvalue weighted by atomic mass is 9.44. The van der Waals surface area contributed by atoms with Crippen LogP contribution < -0.4 is 15.4 Å². The molecule has 2 aromatic heterocycles. The van der Waals surface area contributed by atoms with Crippen LogP contribution in [0.2, 0.25) is 5.02 Å². The maximum atomic E-state index is 13.4. The van der Waals surface area contributed by atoms with Gasteiger partial charge >= 0.3 is 0 Å². The van der Waals surface area contributed by atoms with E-state index < -0.39 is 5.82 Å². The molecule has 164 valence electrons. The first-order valence-electron chi connectivity index (χ1n) is 10.0. The molecule has 10 heteroatoms. The second-order valence-corrected chi connectivity index (χ2v) is 8.73. The van der Waals surface area contributed by atoms with Gasteiger partial charge in [0.2, 0.25) is 0 Å². The molecule has 3 aliphatic carbocycles. The Hall–Kier alpha value is -3.46. The molecule has 3 saturated carbocycles. The molecule has 3 aromatic rings. The number of carbonyl (C=O) groups is 2. The van der Waals surface area contributed by atoms with Crippen LogP contribution in [0.5, 0.6) is 5.75 Å². The van der Waals surface area contributed by atoms with Crippen LogP contribution in [0.3, 0.4) is 0 Å². The third kappa shape index (κ3) is 3.80. The Kier molecular flexibility index (Phi) is 4.85. The first kappa shape index (κ1) is 20.4. The van der Waals surface area contributed by atoms with Crippen LogP contribution in [0.25, 0.3) is 5.82 Å². The summed E-state index contributed by atoms with van der Waals surface area (Å²) in [5, 5.41) is 10.2. The number of aromatic nitrogens is 3. The van der Waals surface area contributed by atoms with Crippen LogP contribution in [-0.4, -0.2) is 44.3 Å². The zero-order chi connectivity index (χ0) is 22.3. The van der Waals surface area contributed by atoms with Gasteiger partial charge in [0.1, 0.15) is 11.6 Å². The molecule has 3 aliphatic rings. The van der Waals surface area contributed by atoms with Crippen LogP contribution in [0, 0.1) is 5.82 Å². The van der Waals surface area contributed by atoms with Gasteiger partial charge in [-0.1, -0.05) is 17.7 Å². The second-order valence-electron chi connectivity index (χ2n) is 8.32. The Morgan fingerprint density at radius 1 is 1.16 bits per heavy atom. The first-order chi connectivity index (χ1) is 15.4. The molecule has 2 amide bonds. The molecule has 0 spiro atoms. The number of hydrogen-bond donors (Lipinski definition) is 2. The summed E-state index contributed by atoms with van der Waals surface area (Å²) in [6, 6.07) is 9.46. The zero-order valence-electron chi connectivity index (χ0n) is 16.8. The minimum absolute atomic E-state index is 0.00732. The van der Waals surface area contributed by atoms with Crippen molar-refractivity contribution in [2.75, 3.05) is 6.61 Å². The molecular weight excluding hydrogens is 437 g/mol. The van der Waals surface area contributed by atoms with Crippen molar-refractivity contribution in [3.8, 4) is 11.6 Å². The van der Waals surface area contributed by atoms with Gasteiger partial charge in [-0.05, 0) is 43.5 Å². The van der Waals surface area contributed by atoms with Crippen LogP contribution in [0.1, 0.15) is 29.6 Å². The number of nitrogens with one attached hydrogen (secondary N) is 2. The quantitative estimate of drug-likeness (QED) is 0.570. The van der Waals surface area contributed by atoms with Gasteiger partial charge in [-0.25, -0.2) is 14.1 Å². The average molecular weight is 456 g/mol. The fraction of sp³-hybridized carbons (Fsp3) is 0.273. The molecule has 32 heavy (non-hydrogen) atoms. The van der Waals surface area contributed by atoms with E-state index >= 15 is 0 Å². The van der Waals surface area contributed by atoms with Gasteiger partial charge in [0, 0.05) is 29.5 Å². The predicted octanol–water partition coefficient (Wildman–Crippen LogP) is 2.66. The Bertz CT molecular complexity index is 1180. The van der Waals surface area contributed by atoms with E-state index in [2.05, 4.69) is 20.7 Å². The highest BCUT2D eigenvalue weighted by molar-refractivity contribution is 6.30. The van der Waals surface area contributed by atoms with Gasteiger partial charge in [-0.3, -0.25) is 9.59 Å². The molecule has 0 unspecified atom stereocenters. The van der Waals surface area contributed by atoms with Gasteiger partial charge < -0.3 is 15.4 Å². The highest BCUT2D eigenvalue weighted by Gasteiger charge is 2.69. The topological polar surface area (TPSA) is 98.1 Å². The van der Waals surface area contributed by atoms with Crippen molar-refractivity contribution in [2.24, 2.45) is 0 Å². The monoisotopic (exact) mass is 455 g/mol. The molecule has 0 atom stereocenters. The van der Waals surface area contributed by atoms with Crippen molar-refractivity contribution in [3.63, 3.8) is 0 Å². The van der Waals surface area contributed by atoms with E-state index in [1.807, 2.05) is 12.1 Å². The molecule has 2 heterocycles. The fourth-order valence-electron chi connectivity index (χ4n) is 4.47. The highest BCUT2D eigenvalue weighted by Crippen LogP contribution is 2.60. The van der Waals surface area contributed by atoms with Crippen molar-refractivity contribution in [1.29, 1.82) is 0 Å². The number of pyridine rings is 1. The first-order valence-corrected chi connectivity index (χ1v) is 10.4. The van der Waals surface area contributed by atoms with Crippen LogP contribution in [0.4, 0.5) is 4.39 Å². The van der Waals surface area contributed by atoms with Gasteiger partial charge in [0.15, 0.2) is 12.4 Å². The van der Waals surface area contributed by atoms with Crippen molar-refractivity contribution in [2.45, 2.75) is 30.3 Å². The molecule has 8 nitrogen and oxygen atoms in total. The molecule has 6 rings (SSSR count). The van der Waals surface area contributed by atoms with E-state index in [1.54, 1.807) is 23.1 Å². The summed E-state index contributed by atoms with van der Waals surface area (Å²) < 4.78 is 20.3. The molecule has 2 bridgehead atoms. The van der Waals surface area contributed by atoms with E-state index in [4.69, 9.17) is 16.3 Å². The molecule has 1 aromatic carbocycles. The number of ether oxygens (including phenoxy) is 1. The third-order valence-corrected chi connectivity index (χ3v) is 6.11. The molecule has 2 N–H and O–H groups in total. The Morgan fingerprint density at radius 3 is 2.66 bits per heavy atom. The third-order valence-electron chi connectivity index (χ3n) is 5.80. The molecule has 3 fully saturated rings. The number of amides is 2. The maximum absolute atomic E-state index is 13.4. The molecular formula is C22H19ClFN5O3. The Morgan fingerprint density at radius 2 is 1.94 bits per heavy atom. The van der Waals surface area contributed by atoms with Crippen LogP contribution in [-0.2, 0) is 4.79 Å². The Balaban J connectivity index is 1.10. The Labute approximate surface area is 187 Å². The van der Waals surface area contributed by atoms with Crippen LogP contribution >= 0.6 is 11.6 Å². The summed E-state index contributed by atoms with van der Waals surface area (Å²) in [6.07, 6.45) is 6.76. The lowest BCUT2D eigenvalue weighted by Gasteiger charge is -2.70. The minimum Gasteiger partial charge on any atom is -0.484 e. The van der Waals surface area contributed by atoms with Crippen LogP contribution in [0.15, 0.2) is 55.0 Å². The smallest absolute Gasteiger partial charge is 0.258 e. The summed E-state index contributed by atoms with van der Waals surface area (Å²) in [7, 11) is 0. The summed E-state index contributed by atoms with van der Waals surface area (Å²) in [6.45, 7) is -0.227. The van der Waals surface area contributed by atoms with Gasteiger partial charge in [0.25, 0.3) is 11.8 Å². The number of halogens is 2. The van der Waals surface area contributed by atoms with Gasteiger partial charge in [-0.2, -0.15) is 5.10 Å². The average Bonchev–Trinajstić information content (AvgIpc) is 3.23. The normalized spacial score (nSPS) is 22.9. The minimum atomic E-state index is -0.604. The number of hydrogen-bond acceptors (Lipinski definition) is 5. The zero-order valence-corrected chi connectivity index (χ0v) is 17.6. The van der Waals surface area contributed by atoms with E-state index in [1.165, 1.54) is 18.3 Å². The SMILES string of the molecule is O=C(COc1ccc(Cl)c(F)c1)NC12CC(NC(=O)c3cnn(-c4ccccn4)c3)(C1)C2.